The van der Waals surface area contributed by atoms with Gasteiger partial charge in [0.2, 0.25) is 0 Å². The van der Waals surface area contributed by atoms with Crippen molar-refractivity contribution in [3.63, 3.8) is 0 Å². The topological polar surface area (TPSA) is 114 Å². The molecule has 9 nitrogen and oxygen atoms in total. The number of hydrogen-bond acceptors (Lipinski definition) is 6. The molecule has 2 N–H and O–H groups in total. The van der Waals surface area contributed by atoms with Crippen molar-refractivity contribution < 1.29 is 33.7 Å². The van der Waals surface area contributed by atoms with Gasteiger partial charge in [-0.2, -0.15) is 0 Å². The number of anilines is 1. The quantitative estimate of drug-likeness (QED) is 0.680. The first kappa shape index (κ1) is 21.9. The number of nitrogens with zero attached hydrogens (tertiary/aromatic N) is 1. The number of rotatable bonds is 6. The van der Waals surface area contributed by atoms with E-state index in [9.17, 15) is 19.5 Å². The number of carbonyl (C=O) groups excluding carboxylic acids is 2. The second-order valence-corrected chi connectivity index (χ2v) is 6.93. The molecular weight excluding hydrogens is 404 g/mol. The number of carbonyl (C=O) groups is 3. The molecule has 0 aromatic heterocycles. The lowest BCUT2D eigenvalue weighted by atomic mass is 9.90. The SMILES string of the molecule is COC(=O)c1ccccc1NC(=O)N1CCc2cc(OC)c(OC)cc2[C@@H]1CC(=O)O. The minimum Gasteiger partial charge on any atom is -0.493 e. The van der Waals surface area contributed by atoms with Crippen LogP contribution >= 0.6 is 0 Å². The van der Waals surface area contributed by atoms with Gasteiger partial charge in [0.25, 0.3) is 0 Å². The predicted molar refractivity (Wildman–Crippen MR) is 112 cm³/mol. The predicted octanol–water partition coefficient (Wildman–Crippen LogP) is 3.10. The highest BCUT2D eigenvalue weighted by Gasteiger charge is 2.34. The normalized spacial score (nSPS) is 14.9. The maximum atomic E-state index is 13.1. The van der Waals surface area contributed by atoms with E-state index >= 15 is 0 Å². The van der Waals surface area contributed by atoms with Gasteiger partial charge in [-0.15, -0.1) is 0 Å². The van der Waals surface area contributed by atoms with Crippen LogP contribution in [0.5, 0.6) is 11.5 Å². The zero-order chi connectivity index (χ0) is 22.5. The summed E-state index contributed by atoms with van der Waals surface area (Å²) in [6, 6.07) is 8.76. The van der Waals surface area contributed by atoms with Crippen LogP contribution in [0.1, 0.15) is 33.9 Å². The minimum atomic E-state index is -1.04. The second kappa shape index (κ2) is 9.38. The van der Waals surface area contributed by atoms with E-state index in [0.717, 1.165) is 5.56 Å². The number of aliphatic carboxylic acids is 1. The van der Waals surface area contributed by atoms with Gasteiger partial charge in [-0.1, -0.05) is 12.1 Å². The molecule has 0 spiro atoms. The molecule has 1 atom stereocenters. The third kappa shape index (κ3) is 4.55. The van der Waals surface area contributed by atoms with Gasteiger partial charge in [0.1, 0.15) is 0 Å². The molecule has 1 aliphatic heterocycles. The van der Waals surface area contributed by atoms with E-state index < -0.39 is 24.0 Å². The molecule has 0 unspecified atom stereocenters. The molecule has 0 bridgehead atoms. The number of nitrogens with one attached hydrogen (secondary N) is 1. The molecule has 0 radical (unpaired) electrons. The van der Waals surface area contributed by atoms with Crippen molar-refractivity contribution in [2.75, 3.05) is 33.2 Å². The molecule has 9 heteroatoms. The Labute approximate surface area is 179 Å². The number of para-hydroxylation sites is 1. The molecule has 164 valence electrons. The molecule has 31 heavy (non-hydrogen) atoms. The van der Waals surface area contributed by atoms with E-state index in [2.05, 4.69) is 5.32 Å². The lowest BCUT2D eigenvalue weighted by Crippen LogP contribution is -2.43. The van der Waals surface area contributed by atoms with Crippen LogP contribution in [0.3, 0.4) is 0 Å². The number of methoxy groups -OCH3 is 3. The smallest absolute Gasteiger partial charge is 0.339 e. The lowest BCUT2D eigenvalue weighted by molar-refractivity contribution is -0.138. The Balaban J connectivity index is 1.95. The molecule has 2 aromatic rings. The summed E-state index contributed by atoms with van der Waals surface area (Å²) in [7, 11) is 4.28. The van der Waals surface area contributed by atoms with Gasteiger partial charge < -0.3 is 29.5 Å². The molecule has 2 aromatic carbocycles. The highest BCUT2D eigenvalue weighted by atomic mass is 16.5. The minimum absolute atomic E-state index is 0.206. The Morgan fingerprint density at radius 3 is 2.42 bits per heavy atom. The van der Waals surface area contributed by atoms with Gasteiger partial charge in [0, 0.05) is 6.54 Å². The van der Waals surface area contributed by atoms with Crippen molar-refractivity contribution in [2.45, 2.75) is 18.9 Å². The summed E-state index contributed by atoms with van der Waals surface area (Å²) in [6.45, 7) is 0.298. The van der Waals surface area contributed by atoms with E-state index in [1.807, 2.05) is 6.07 Å². The fraction of sp³-hybridized carbons (Fsp3) is 0.318. The van der Waals surface area contributed by atoms with E-state index in [4.69, 9.17) is 14.2 Å². The molecule has 0 saturated carbocycles. The number of carboxylic acid groups (broad SMARTS) is 1. The number of carboxylic acids is 1. The molecule has 0 saturated heterocycles. The van der Waals surface area contributed by atoms with Crippen LogP contribution in [0.4, 0.5) is 10.5 Å². The number of amides is 2. The number of urea groups is 1. The van der Waals surface area contributed by atoms with Crippen molar-refractivity contribution in [2.24, 2.45) is 0 Å². The standard InChI is InChI=1S/C22H24N2O7/c1-29-18-10-13-8-9-24(17(12-20(25)26)15(13)11-19(18)30-2)22(28)23-16-7-5-4-6-14(16)21(27)31-3/h4-7,10-11,17H,8-9,12H2,1-3H3,(H,23,28)(H,25,26)/t17-/m0/s1. The van der Waals surface area contributed by atoms with Crippen LogP contribution in [-0.4, -0.2) is 55.9 Å². The highest BCUT2D eigenvalue weighted by Crippen LogP contribution is 2.39. The van der Waals surface area contributed by atoms with Crippen LogP contribution in [0.25, 0.3) is 0 Å². The van der Waals surface area contributed by atoms with Crippen LogP contribution < -0.4 is 14.8 Å². The summed E-state index contributed by atoms with van der Waals surface area (Å²) >= 11 is 0. The van der Waals surface area contributed by atoms with Gasteiger partial charge in [0.15, 0.2) is 11.5 Å². The molecular formula is C22H24N2O7. The van der Waals surface area contributed by atoms with Gasteiger partial charge >= 0.3 is 18.0 Å². The third-order valence-electron chi connectivity index (χ3n) is 5.21. The van der Waals surface area contributed by atoms with E-state index in [0.29, 0.717) is 30.0 Å². The average Bonchev–Trinajstić information content (AvgIpc) is 2.77. The third-order valence-corrected chi connectivity index (χ3v) is 5.21. The van der Waals surface area contributed by atoms with E-state index in [-0.39, 0.29) is 17.7 Å². The zero-order valence-corrected chi connectivity index (χ0v) is 17.5. The number of benzene rings is 2. The largest absolute Gasteiger partial charge is 0.493 e. The van der Waals surface area contributed by atoms with Gasteiger partial charge in [0.05, 0.1) is 45.0 Å². The monoisotopic (exact) mass is 428 g/mol. The maximum Gasteiger partial charge on any atom is 0.339 e. The van der Waals surface area contributed by atoms with Crippen molar-refractivity contribution in [3.05, 3.63) is 53.1 Å². The summed E-state index contributed by atoms with van der Waals surface area (Å²) in [6.07, 6.45) is 0.229. The first-order valence-electron chi connectivity index (χ1n) is 9.61. The van der Waals surface area contributed by atoms with Crippen molar-refractivity contribution in [1.29, 1.82) is 0 Å². The summed E-state index contributed by atoms with van der Waals surface area (Å²) in [4.78, 5) is 38.2. The van der Waals surface area contributed by atoms with Gasteiger partial charge in [-0.05, 0) is 41.8 Å². The first-order chi connectivity index (χ1) is 14.9. The molecule has 2 amide bonds. The fourth-order valence-electron chi connectivity index (χ4n) is 3.72. The summed E-state index contributed by atoms with van der Waals surface area (Å²) < 4.78 is 15.5. The molecule has 1 aliphatic rings. The van der Waals surface area contributed by atoms with Crippen LogP contribution in [0, 0.1) is 0 Å². The Hall–Kier alpha value is -3.75. The average molecular weight is 428 g/mol. The van der Waals surface area contributed by atoms with Gasteiger partial charge in [-0.3, -0.25) is 4.79 Å². The molecule has 0 aliphatic carbocycles. The Bertz CT molecular complexity index is 1010. The second-order valence-electron chi connectivity index (χ2n) is 6.93. The number of ether oxygens (including phenoxy) is 3. The Morgan fingerprint density at radius 2 is 1.77 bits per heavy atom. The van der Waals surface area contributed by atoms with E-state index in [1.54, 1.807) is 30.3 Å². The van der Waals surface area contributed by atoms with E-state index in [1.165, 1.54) is 26.2 Å². The molecule has 1 heterocycles. The highest BCUT2D eigenvalue weighted by molar-refractivity contribution is 6.01. The summed E-state index contributed by atoms with van der Waals surface area (Å²) in [5.41, 5.74) is 2.06. The van der Waals surface area contributed by atoms with Crippen molar-refractivity contribution >= 4 is 23.7 Å². The lowest BCUT2D eigenvalue weighted by Gasteiger charge is -2.37. The number of hydrogen-bond donors (Lipinski definition) is 2. The zero-order valence-electron chi connectivity index (χ0n) is 17.5. The Kier molecular flexibility index (Phi) is 6.64. The number of esters is 1. The van der Waals surface area contributed by atoms with Gasteiger partial charge in [-0.25, -0.2) is 9.59 Å². The van der Waals surface area contributed by atoms with Crippen LogP contribution in [0.2, 0.25) is 0 Å². The number of fused-ring (bicyclic) bond motifs is 1. The first-order valence-corrected chi connectivity index (χ1v) is 9.61. The molecule has 3 rings (SSSR count). The molecule has 0 fully saturated rings. The Morgan fingerprint density at radius 1 is 1.10 bits per heavy atom. The summed E-state index contributed by atoms with van der Waals surface area (Å²) in [5.74, 6) is -0.630. The summed E-state index contributed by atoms with van der Waals surface area (Å²) in [5, 5.41) is 12.2. The maximum absolute atomic E-state index is 13.1. The fourth-order valence-corrected chi connectivity index (χ4v) is 3.72. The van der Waals surface area contributed by atoms with Crippen LogP contribution in [-0.2, 0) is 16.0 Å². The van der Waals surface area contributed by atoms with Crippen LogP contribution in [0.15, 0.2) is 36.4 Å². The van der Waals surface area contributed by atoms with Crippen molar-refractivity contribution in [3.8, 4) is 11.5 Å². The van der Waals surface area contributed by atoms with Crippen molar-refractivity contribution in [1.82, 2.24) is 4.90 Å².